The van der Waals surface area contributed by atoms with E-state index in [2.05, 4.69) is 21.1 Å². The van der Waals surface area contributed by atoms with Crippen molar-refractivity contribution in [1.82, 2.24) is 0 Å². The first-order valence-corrected chi connectivity index (χ1v) is 6.53. The number of benzene rings is 1. The lowest BCUT2D eigenvalue weighted by Crippen LogP contribution is -2.57. The van der Waals surface area contributed by atoms with Crippen LogP contribution >= 0.6 is 11.6 Å². The molecule has 1 saturated heterocycles. The summed E-state index contributed by atoms with van der Waals surface area (Å²) in [6.45, 7) is 3.33. The van der Waals surface area contributed by atoms with Crippen LogP contribution in [0.4, 0.5) is 0 Å². The average molecular weight is 271 g/mol. The Kier molecular flexibility index (Phi) is 3.85. The van der Waals surface area contributed by atoms with Gasteiger partial charge >= 0.3 is 0 Å². The molecule has 0 atom stereocenters. The first-order valence-electron chi connectivity index (χ1n) is 6.15. The van der Waals surface area contributed by atoms with Crippen molar-refractivity contribution in [3.8, 4) is 5.75 Å². The summed E-state index contributed by atoms with van der Waals surface area (Å²) in [4.78, 5) is 0. The molecule has 1 aliphatic heterocycles. The first-order chi connectivity index (χ1) is 8.39. The van der Waals surface area contributed by atoms with E-state index in [1.54, 1.807) is 0 Å². The van der Waals surface area contributed by atoms with E-state index in [1.165, 1.54) is 0 Å². The molecule has 0 spiro atoms. The summed E-state index contributed by atoms with van der Waals surface area (Å²) in [6, 6.07) is 7.50. The zero-order valence-electron chi connectivity index (χ0n) is 11.3. The van der Waals surface area contributed by atoms with E-state index >= 15 is 0 Å². The topological polar surface area (TPSA) is 18.5 Å². The van der Waals surface area contributed by atoms with E-state index in [9.17, 15) is 0 Å². The Morgan fingerprint density at radius 3 is 2.28 bits per heavy atom. The second-order valence-corrected chi connectivity index (χ2v) is 6.62. The van der Waals surface area contributed by atoms with E-state index in [-0.39, 0.29) is 5.41 Å². The van der Waals surface area contributed by atoms with Gasteiger partial charge in [0.1, 0.15) is 12.4 Å². The number of ether oxygens (including phenoxy) is 2. The molecule has 1 heterocycles. The molecule has 0 radical (unpaired) electrons. The van der Waals surface area contributed by atoms with Crippen LogP contribution in [0.1, 0.15) is 0 Å². The van der Waals surface area contributed by atoms with Gasteiger partial charge in [-0.25, -0.2) is 0 Å². The Labute approximate surface area is 114 Å². The van der Waals surface area contributed by atoms with Gasteiger partial charge in [0, 0.05) is 5.02 Å². The zero-order chi connectivity index (χ0) is 13.2. The minimum absolute atomic E-state index is 0.151. The summed E-state index contributed by atoms with van der Waals surface area (Å²) in [5.41, 5.74) is 0.151. The van der Waals surface area contributed by atoms with E-state index < -0.39 is 0 Å². The molecular weight excluding hydrogens is 250 g/mol. The van der Waals surface area contributed by atoms with Gasteiger partial charge in [0.2, 0.25) is 0 Å². The van der Waals surface area contributed by atoms with Crippen LogP contribution in [0.5, 0.6) is 5.75 Å². The fourth-order valence-corrected chi connectivity index (χ4v) is 2.51. The molecular formula is C14H21ClNO2+. The summed E-state index contributed by atoms with van der Waals surface area (Å²) in [5.74, 6) is 0.868. The molecule has 0 amide bonds. The number of hydrogen-bond donors (Lipinski definition) is 0. The number of nitrogens with zero attached hydrogens (tertiary/aromatic N) is 1. The number of quaternary nitrogens is 1. The molecule has 1 aromatic rings. The maximum absolute atomic E-state index is 5.87. The average Bonchev–Trinajstić information content (AvgIpc) is 2.22. The van der Waals surface area contributed by atoms with E-state index in [0.717, 1.165) is 35.0 Å². The Morgan fingerprint density at radius 2 is 1.83 bits per heavy atom. The first kappa shape index (κ1) is 13.7. The second-order valence-electron chi connectivity index (χ2n) is 6.18. The normalized spacial score (nSPS) is 18.2. The molecule has 3 nitrogen and oxygen atoms in total. The van der Waals surface area contributed by atoms with Crippen molar-refractivity contribution >= 4 is 11.6 Å². The molecule has 0 unspecified atom stereocenters. The summed E-state index contributed by atoms with van der Waals surface area (Å²) >= 11 is 5.85. The predicted octanol–water partition coefficient (Wildman–Crippen LogP) is 2.44. The smallest absolute Gasteiger partial charge is 0.119 e. The zero-order valence-corrected chi connectivity index (χ0v) is 12.0. The monoisotopic (exact) mass is 270 g/mol. The van der Waals surface area contributed by atoms with Gasteiger partial charge in [0.05, 0.1) is 46.3 Å². The number of hydrogen-bond acceptors (Lipinski definition) is 2. The molecule has 1 fully saturated rings. The van der Waals surface area contributed by atoms with Gasteiger partial charge in [0.15, 0.2) is 0 Å². The Morgan fingerprint density at radius 1 is 1.22 bits per heavy atom. The minimum Gasteiger partial charge on any atom is -0.493 e. The molecule has 100 valence electrons. The fraction of sp³-hybridized carbons (Fsp3) is 0.571. The fourth-order valence-electron chi connectivity index (χ4n) is 2.38. The van der Waals surface area contributed by atoms with E-state index in [4.69, 9.17) is 21.1 Å². The standard InChI is InChI=1S/C14H21ClNO2/c1-16(2,3)8-14(9-17-10-14)11-18-13-6-4-12(15)5-7-13/h4-7H,8-11H2,1-3H3/q+1. The molecule has 0 aliphatic carbocycles. The highest BCUT2D eigenvalue weighted by Gasteiger charge is 2.44. The van der Waals surface area contributed by atoms with Crippen LogP contribution in [0.2, 0.25) is 5.02 Å². The molecule has 18 heavy (non-hydrogen) atoms. The van der Waals surface area contributed by atoms with Crippen molar-refractivity contribution in [3.05, 3.63) is 29.3 Å². The molecule has 0 bridgehead atoms. The molecule has 2 rings (SSSR count). The van der Waals surface area contributed by atoms with Gasteiger partial charge in [-0.15, -0.1) is 0 Å². The van der Waals surface area contributed by atoms with Crippen molar-refractivity contribution in [3.63, 3.8) is 0 Å². The summed E-state index contributed by atoms with van der Waals surface area (Å²) in [6.07, 6.45) is 0. The van der Waals surface area contributed by atoms with Crippen LogP contribution in [-0.2, 0) is 4.74 Å². The third-order valence-corrected chi connectivity index (χ3v) is 3.24. The third kappa shape index (κ3) is 3.61. The second kappa shape index (κ2) is 5.08. The van der Waals surface area contributed by atoms with Crippen molar-refractivity contribution in [2.75, 3.05) is 47.5 Å². The van der Waals surface area contributed by atoms with Gasteiger partial charge in [0.25, 0.3) is 0 Å². The molecule has 0 N–H and O–H groups in total. The highest BCUT2D eigenvalue weighted by Crippen LogP contribution is 2.30. The maximum atomic E-state index is 5.87. The van der Waals surface area contributed by atoms with Crippen molar-refractivity contribution < 1.29 is 14.0 Å². The lowest BCUT2D eigenvalue weighted by molar-refractivity contribution is -0.879. The van der Waals surface area contributed by atoms with Gasteiger partial charge < -0.3 is 14.0 Å². The summed E-state index contributed by atoms with van der Waals surface area (Å²) in [5, 5.41) is 0.732. The van der Waals surface area contributed by atoms with Crippen molar-refractivity contribution in [2.45, 2.75) is 0 Å². The van der Waals surface area contributed by atoms with Crippen LogP contribution in [0.25, 0.3) is 0 Å². The van der Waals surface area contributed by atoms with E-state index in [1.807, 2.05) is 24.3 Å². The highest BCUT2D eigenvalue weighted by molar-refractivity contribution is 6.30. The quantitative estimate of drug-likeness (QED) is 0.765. The SMILES string of the molecule is C[N+](C)(C)CC1(COc2ccc(Cl)cc2)COC1. The molecule has 1 aliphatic rings. The van der Waals surface area contributed by atoms with Crippen LogP contribution in [0, 0.1) is 5.41 Å². The number of halogens is 1. The number of rotatable bonds is 5. The maximum Gasteiger partial charge on any atom is 0.119 e. The lowest BCUT2D eigenvalue weighted by atomic mass is 9.86. The molecule has 0 aromatic heterocycles. The largest absolute Gasteiger partial charge is 0.493 e. The van der Waals surface area contributed by atoms with E-state index in [0.29, 0.717) is 6.61 Å². The molecule has 4 heteroatoms. The Bertz CT molecular complexity index is 393. The Balaban J connectivity index is 1.93. The lowest BCUT2D eigenvalue weighted by Gasteiger charge is -2.44. The van der Waals surface area contributed by atoms with Crippen molar-refractivity contribution in [1.29, 1.82) is 0 Å². The van der Waals surface area contributed by atoms with Gasteiger partial charge in [-0.1, -0.05) is 11.6 Å². The third-order valence-electron chi connectivity index (χ3n) is 2.98. The summed E-state index contributed by atoms with van der Waals surface area (Å²) < 4.78 is 12.2. The van der Waals surface area contributed by atoms with Gasteiger partial charge in [-0.05, 0) is 24.3 Å². The summed E-state index contributed by atoms with van der Waals surface area (Å²) in [7, 11) is 6.59. The van der Waals surface area contributed by atoms with Gasteiger partial charge in [-0.3, -0.25) is 0 Å². The predicted molar refractivity (Wildman–Crippen MR) is 73.1 cm³/mol. The van der Waals surface area contributed by atoms with Crippen LogP contribution in [0.3, 0.4) is 0 Å². The van der Waals surface area contributed by atoms with Crippen LogP contribution in [0.15, 0.2) is 24.3 Å². The van der Waals surface area contributed by atoms with Crippen LogP contribution in [-0.4, -0.2) is 52.0 Å². The Hall–Kier alpha value is -0.770. The van der Waals surface area contributed by atoms with Gasteiger partial charge in [-0.2, -0.15) is 0 Å². The minimum atomic E-state index is 0.151. The van der Waals surface area contributed by atoms with Crippen molar-refractivity contribution in [2.24, 2.45) is 5.41 Å². The van der Waals surface area contributed by atoms with Crippen LogP contribution < -0.4 is 4.74 Å². The molecule has 0 saturated carbocycles. The highest BCUT2D eigenvalue weighted by atomic mass is 35.5. The molecule has 1 aromatic carbocycles.